The van der Waals surface area contributed by atoms with Crippen molar-refractivity contribution < 1.29 is 43.3 Å². The molecule has 0 bridgehead atoms. The summed E-state index contributed by atoms with van der Waals surface area (Å²) in [6, 6.07) is 5.90. The number of carbonyl (C=O) groups is 5. The molecule has 0 aromatic heterocycles. The average Bonchev–Trinajstić information content (AvgIpc) is 3.65. The van der Waals surface area contributed by atoms with Gasteiger partial charge in [0, 0.05) is 34.9 Å². The summed E-state index contributed by atoms with van der Waals surface area (Å²) in [5.74, 6) is -2.53. The van der Waals surface area contributed by atoms with Crippen LogP contribution in [0.25, 0.3) is 0 Å². The number of likely N-dealkylation sites (N-methyl/N-ethyl adjacent to an activating group) is 2. The molecule has 0 saturated carbocycles. The second-order valence-electron chi connectivity index (χ2n) is 16.0. The quantitative estimate of drug-likeness (QED) is 0.164. The van der Waals surface area contributed by atoms with Crippen LogP contribution in [0.3, 0.4) is 0 Å². The highest BCUT2D eigenvalue weighted by Crippen LogP contribution is 2.30. The van der Waals surface area contributed by atoms with Gasteiger partial charge in [-0.2, -0.15) is 0 Å². The van der Waals surface area contributed by atoms with E-state index in [2.05, 4.69) is 10.6 Å². The summed E-state index contributed by atoms with van der Waals surface area (Å²) in [5.41, 5.74) is 0.697. The van der Waals surface area contributed by atoms with Crippen LogP contribution in [0.4, 0.5) is 4.79 Å². The van der Waals surface area contributed by atoms with Crippen molar-refractivity contribution in [1.82, 2.24) is 25.3 Å². The smallest absolute Gasteiger partial charge is 0.410 e. The molecule has 1 fully saturated rings. The number of hydrogen-bond acceptors (Lipinski definition) is 9. The molecular formula is C42H71N5O9. The number of likely N-dealkylation sites (tertiary alicyclic amines) is 1. The van der Waals surface area contributed by atoms with Gasteiger partial charge in [-0.15, -0.1) is 0 Å². The van der Waals surface area contributed by atoms with Gasteiger partial charge in [0.2, 0.25) is 23.6 Å². The molecule has 3 N–H and O–H groups in total. The topological polar surface area (TPSA) is 167 Å². The third-order valence-corrected chi connectivity index (χ3v) is 11.3. The Morgan fingerprint density at radius 2 is 1.50 bits per heavy atom. The standard InChI is InChI=1S/C42H71N5O9/c1-14-27(7)36(45(10)41(52)34(25(3)4)44-40(51)35(26(5)6)46(11)42(53)56-15-2)32(54-12)24-33(48)47-23-19-22-31(47)38(55-13)28(8)39(50)43-29(9)37(49)30-20-17-16-18-21-30/h16-18,20-21,25-29,31-32,34-38,49H,14-15,19,22-24H2,1-13H3,(H,43,50)(H,44,51)/t27-,28+,29+,31-,32-,34-,35?,36-,37+,38+/m0/s1. The van der Waals surface area contributed by atoms with Crippen LogP contribution in [0.5, 0.6) is 0 Å². The predicted molar refractivity (Wildman–Crippen MR) is 215 cm³/mol. The predicted octanol–water partition coefficient (Wildman–Crippen LogP) is 4.40. The fraction of sp³-hybridized carbons (Fsp3) is 0.738. The Morgan fingerprint density at radius 1 is 0.875 bits per heavy atom. The number of methoxy groups -OCH3 is 2. The molecule has 14 nitrogen and oxygen atoms in total. The van der Waals surface area contributed by atoms with E-state index in [4.69, 9.17) is 14.2 Å². The van der Waals surface area contributed by atoms with Gasteiger partial charge in [0.05, 0.1) is 55.4 Å². The van der Waals surface area contributed by atoms with Crippen molar-refractivity contribution in [2.45, 2.75) is 137 Å². The highest BCUT2D eigenvalue weighted by atomic mass is 16.6. The van der Waals surface area contributed by atoms with E-state index >= 15 is 0 Å². The van der Waals surface area contributed by atoms with Gasteiger partial charge < -0.3 is 39.8 Å². The molecular weight excluding hydrogens is 718 g/mol. The summed E-state index contributed by atoms with van der Waals surface area (Å²) >= 11 is 0. The molecule has 1 heterocycles. The van der Waals surface area contributed by atoms with Crippen LogP contribution in [0.15, 0.2) is 30.3 Å². The molecule has 1 aliphatic heterocycles. The molecule has 10 atom stereocenters. The molecule has 0 radical (unpaired) electrons. The third-order valence-electron chi connectivity index (χ3n) is 11.3. The number of nitrogens with zero attached hydrogens (tertiary/aromatic N) is 3. The second-order valence-corrected chi connectivity index (χ2v) is 16.0. The molecule has 2 rings (SSSR count). The van der Waals surface area contributed by atoms with Crippen molar-refractivity contribution >= 4 is 29.7 Å². The minimum Gasteiger partial charge on any atom is -0.450 e. The Morgan fingerprint density at radius 3 is 2.02 bits per heavy atom. The first-order chi connectivity index (χ1) is 26.4. The van der Waals surface area contributed by atoms with Crippen LogP contribution < -0.4 is 10.6 Å². The summed E-state index contributed by atoms with van der Waals surface area (Å²) in [5, 5.41) is 16.7. The number of aliphatic hydroxyl groups excluding tert-OH is 1. The van der Waals surface area contributed by atoms with E-state index in [0.717, 1.165) is 6.42 Å². The van der Waals surface area contributed by atoms with Gasteiger partial charge in [-0.1, -0.05) is 85.2 Å². The molecule has 1 saturated heterocycles. The van der Waals surface area contributed by atoms with Crippen molar-refractivity contribution in [3.05, 3.63) is 35.9 Å². The summed E-state index contributed by atoms with van der Waals surface area (Å²) < 4.78 is 17.1. The number of ether oxygens (including phenoxy) is 3. The summed E-state index contributed by atoms with van der Waals surface area (Å²) in [6.45, 7) is 17.2. The maximum atomic E-state index is 14.3. The zero-order chi connectivity index (χ0) is 42.4. The lowest BCUT2D eigenvalue weighted by molar-refractivity contribution is -0.148. The highest BCUT2D eigenvalue weighted by molar-refractivity contribution is 5.91. The molecule has 0 spiro atoms. The van der Waals surface area contributed by atoms with E-state index in [1.165, 1.54) is 26.2 Å². The van der Waals surface area contributed by atoms with Crippen LogP contribution in [-0.4, -0.2) is 133 Å². The van der Waals surface area contributed by atoms with Gasteiger partial charge in [-0.25, -0.2) is 4.79 Å². The minimum absolute atomic E-state index is 0.0184. The van der Waals surface area contributed by atoms with E-state index in [1.807, 2.05) is 71.9 Å². The first-order valence-electron chi connectivity index (χ1n) is 20.2. The van der Waals surface area contributed by atoms with Crippen molar-refractivity contribution in [1.29, 1.82) is 0 Å². The van der Waals surface area contributed by atoms with Gasteiger partial charge in [-0.05, 0) is 50.0 Å². The number of nitrogens with one attached hydrogen (secondary N) is 2. The van der Waals surface area contributed by atoms with Gasteiger partial charge in [0.25, 0.3) is 0 Å². The number of carbonyl (C=O) groups excluding carboxylic acids is 5. The van der Waals surface area contributed by atoms with E-state index in [9.17, 15) is 29.1 Å². The SMILES string of the molecule is CCOC(=O)N(C)C(C(=O)N[C@H](C(=O)N(C)[C@H]([C@H](CC(=O)N1CCC[C@H]1[C@H](OC)[C@@H](C)C(=O)N[C@H](C)[C@@H](O)c1ccccc1)OC)[C@@H](C)CC)C(C)C)C(C)C. The van der Waals surface area contributed by atoms with Crippen molar-refractivity contribution in [2.24, 2.45) is 23.7 Å². The molecule has 1 aromatic carbocycles. The third kappa shape index (κ3) is 12.4. The Kier molecular flexibility index (Phi) is 19.8. The van der Waals surface area contributed by atoms with Crippen molar-refractivity contribution in [3.8, 4) is 0 Å². The zero-order valence-corrected chi connectivity index (χ0v) is 36.1. The lowest BCUT2D eigenvalue weighted by atomic mass is 9.89. The maximum Gasteiger partial charge on any atom is 0.410 e. The minimum atomic E-state index is -0.918. The number of benzene rings is 1. The number of hydrogen-bond donors (Lipinski definition) is 3. The van der Waals surface area contributed by atoms with E-state index in [1.54, 1.807) is 37.6 Å². The fourth-order valence-electron chi connectivity index (χ4n) is 7.92. The first-order valence-corrected chi connectivity index (χ1v) is 20.2. The highest BCUT2D eigenvalue weighted by Gasteiger charge is 2.43. The van der Waals surface area contributed by atoms with Gasteiger partial charge in [0.1, 0.15) is 12.1 Å². The van der Waals surface area contributed by atoms with Crippen LogP contribution in [-0.2, 0) is 33.4 Å². The van der Waals surface area contributed by atoms with Gasteiger partial charge in [-0.3, -0.25) is 24.1 Å². The molecule has 56 heavy (non-hydrogen) atoms. The van der Waals surface area contributed by atoms with Gasteiger partial charge >= 0.3 is 6.09 Å². The Balaban J connectivity index is 2.28. The molecule has 5 amide bonds. The molecule has 1 aromatic rings. The molecule has 1 aliphatic rings. The number of rotatable bonds is 21. The number of aliphatic hydroxyl groups is 1. The van der Waals surface area contributed by atoms with E-state index in [-0.39, 0.29) is 54.5 Å². The Bertz CT molecular complexity index is 1410. The van der Waals surface area contributed by atoms with E-state index in [0.29, 0.717) is 24.9 Å². The van der Waals surface area contributed by atoms with Crippen LogP contribution >= 0.6 is 0 Å². The summed E-state index contributed by atoms with van der Waals surface area (Å²) in [4.78, 5) is 72.9. The van der Waals surface area contributed by atoms with Crippen molar-refractivity contribution in [3.63, 3.8) is 0 Å². The molecule has 14 heteroatoms. The Labute approximate surface area is 335 Å². The molecule has 318 valence electrons. The Hall–Kier alpha value is -3.75. The largest absolute Gasteiger partial charge is 0.450 e. The zero-order valence-electron chi connectivity index (χ0n) is 36.1. The summed E-state index contributed by atoms with van der Waals surface area (Å²) in [7, 11) is 6.26. The average molecular weight is 790 g/mol. The van der Waals surface area contributed by atoms with Crippen molar-refractivity contribution in [2.75, 3.05) is 41.5 Å². The first kappa shape index (κ1) is 48.4. The monoisotopic (exact) mass is 790 g/mol. The number of amides is 5. The van der Waals surface area contributed by atoms with Crippen LogP contribution in [0.1, 0.15) is 99.7 Å². The molecule has 0 aliphatic carbocycles. The van der Waals surface area contributed by atoms with Crippen LogP contribution in [0, 0.1) is 23.7 Å². The summed E-state index contributed by atoms with van der Waals surface area (Å²) in [6.07, 6.45) is -0.757. The maximum absolute atomic E-state index is 14.3. The molecule has 1 unspecified atom stereocenters. The fourth-order valence-corrected chi connectivity index (χ4v) is 7.92. The van der Waals surface area contributed by atoms with Gasteiger partial charge in [0.15, 0.2) is 0 Å². The normalized spacial score (nSPS) is 19.2. The van der Waals surface area contributed by atoms with Crippen LogP contribution in [0.2, 0.25) is 0 Å². The lowest BCUT2D eigenvalue weighted by Crippen LogP contribution is -2.60. The lowest BCUT2D eigenvalue weighted by Gasteiger charge is -2.41. The second kappa shape index (κ2) is 22.9. The van der Waals surface area contributed by atoms with E-state index < -0.39 is 60.4 Å².